The summed E-state index contributed by atoms with van der Waals surface area (Å²) < 4.78 is 57.1. The zero-order chi connectivity index (χ0) is 23.8. The minimum absolute atomic E-state index is 0.0286. The van der Waals surface area contributed by atoms with Crippen molar-refractivity contribution in [1.82, 2.24) is 13.9 Å². The second-order valence-corrected chi connectivity index (χ2v) is 10.9. The average Bonchev–Trinajstić information content (AvgIpc) is 3.19. The van der Waals surface area contributed by atoms with Crippen molar-refractivity contribution in [3.63, 3.8) is 0 Å². The summed E-state index contributed by atoms with van der Waals surface area (Å²) in [6.45, 7) is 1.89. The summed E-state index contributed by atoms with van der Waals surface area (Å²) in [4.78, 5) is 20.3. The second kappa shape index (κ2) is 8.41. The van der Waals surface area contributed by atoms with Gasteiger partial charge in [0.1, 0.15) is 0 Å². The predicted molar refractivity (Wildman–Crippen MR) is 121 cm³/mol. The summed E-state index contributed by atoms with van der Waals surface area (Å²) in [5.74, 6) is -0.548. The number of ether oxygens (including phenoxy) is 1. The van der Waals surface area contributed by atoms with Crippen LogP contribution in [0.25, 0.3) is 22.4 Å². The van der Waals surface area contributed by atoms with Gasteiger partial charge in [0.15, 0.2) is 15.5 Å². The standard InChI is InChI=1S/C22H19N3O6S2/c1-3-31-22(26)15-9-10-19(23-13-15)20-12-16-11-18(32(2,27)28)14-24-21(16)25(20)33(29,30)17-7-5-4-6-8-17/h4-14H,3H2,1-2H3. The highest BCUT2D eigenvalue weighted by molar-refractivity contribution is 7.90. The first kappa shape index (κ1) is 22.6. The van der Waals surface area contributed by atoms with Crippen LogP contribution in [0.3, 0.4) is 0 Å². The van der Waals surface area contributed by atoms with Gasteiger partial charge in [0.05, 0.1) is 33.3 Å². The van der Waals surface area contributed by atoms with Gasteiger partial charge >= 0.3 is 5.97 Å². The second-order valence-electron chi connectivity index (χ2n) is 7.12. The molecule has 4 rings (SSSR count). The monoisotopic (exact) mass is 485 g/mol. The molecule has 0 saturated carbocycles. The molecule has 0 aliphatic heterocycles. The van der Waals surface area contributed by atoms with E-state index in [0.717, 1.165) is 16.4 Å². The Morgan fingerprint density at radius 2 is 1.67 bits per heavy atom. The van der Waals surface area contributed by atoms with E-state index >= 15 is 0 Å². The highest BCUT2D eigenvalue weighted by Crippen LogP contribution is 2.31. The fraction of sp³-hybridized carbons (Fsp3) is 0.136. The van der Waals surface area contributed by atoms with Gasteiger partial charge in [-0.15, -0.1) is 0 Å². The minimum Gasteiger partial charge on any atom is -0.462 e. The lowest BCUT2D eigenvalue weighted by atomic mass is 10.2. The normalized spacial score (nSPS) is 12.1. The molecule has 0 unspecified atom stereocenters. The maximum Gasteiger partial charge on any atom is 0.339 e. The number of benzene rings is 1. The molecule has 1 aromatic carbocycles. The molecule has 0 atom stereocenters. The van der Waals surface area contributed by atoms with Gasteiger partial charge in [-0.1, -0.05) is 18.2 Å². The fourth-order valence-electron chi connectivity index (χ4n) is 3.25. The van der Waals surface area contributed by atoms with Crippen LogP contribution in [0, 0.1) is 0 Å². The average molecular weight is 486 g/mol. The predicted octanol–water partition coefficient (Wildman–Crippen LogP) is 2.92. The van der Waals surface area contributed by atoms with Crippen LogP contribution in [-0.2, 0) is 24.6 Å². The third-order valence-electron chi connectivity index (χ3n) is 4.82. The Hall–Kier alpha value is -3.57. The molecule has 11 heteroatoms. The Morgan fingerprint density at radius 1 is 0.939 bits per heavy atom. The number of carbonyl (C=O) groups excluding carboxylic acids is 1. The molecule has 0 aliphatic rings. The number of esters is 1. The van der Waals surface area contributed by atoms with Gasteiger partial charge in [-0.2, -0.15) is 0 Å². The lowest BCUT2D eigenvalue weighted by Crippen LogP contribution is -2.15. The quantitative estimate of drug-likeness (QED) is 0.382. The Kier molecular flexibility index (Phi) is 5.76. The van der Waals surface area contributed by atoms with Crippen LogP contribution in [0.4, 0.5) is 0 Å². The van der Waals surface area contributed by atoms with Crippen molar-refractivity contribution in [2.24, 2.45) is 0 Å². The Labute approximate surface area is 190 Å². The van der Waals surface area contributed by atoms with Gasteiger partial charge in [-0.25, -0.2) is 30.6 Å². The first-order valence-electron chi connectivity index (χ1n) is 9.78. The third kappa shape index (κ3) is 4.24. The molecule has 0 amide bonds. The van der Waals surface area contributed by atoms with Crippen LogP contribution in [0.2, 0.25) is 0 Å². The lowest BCUT2D eigenvalue weighted by molar-refractivity contribution is 0.0526. The molecule has 33 heavy (non-hydrogen) atoms. The molecule has 0 spiro atoms. The molecule has 3 heterocycles. The number of hydrogen-bond acceptors (Lipinski definition) is 8. The van der Waals surface area contributed by atoms with E-state index in [4.69, 9.17) is 4.74 Å². The molecular formula is C22H19N3O6S2. The SMILES string of the molecule is CCOC(=O)c1ccc(-c2cc3cc(S(C)(=O)=O)cnc3n2S(=O)(=O)c2ccccc2)nc1. The number of sulfone groups is 1. The van der Waals surface area contributed by atoms with Crippen LogP contribution in [-0.4, -0.2) is 49.6 Å². The van der Waals surface area contributed by atoms with E-state index in [1.54, 1.807) is 25.1 Å². The Bertz CT molecular complexity index is 1560. The molecular weight excluding hydrogens is 466 g/mol. The van der Waals surface area contributed by atoms with Crippen LogP contribution >= 0.6 is 0 Å². The third-order valence-corrected chi connectivity index (χ3v) is 7.62. The van der Waals surface area contributed by atoms with E-state index < -0.39 is 25.8 Å². The topological polar surface area (TPSA) is 125 Å². The van der Waals surface area contributed by atoms with Crippen molar-refractivity contribution in [3.8, 4) is 11.4 Å². The molecule has 0 N–H and O–H groups in total. The highest BCUT2D eigenvalue weighted by atomic mass is 32.2. The van der Waals surface area contributed by atoms with Crippen LogP contribution in [0.15, 0.2) is 76.8 Å². The molecule has 0 bridgehead atoms. The highest BCUT2D eigenvalue weighted by Gasteiger charge is 2.26. The van der Waals surface area contributed by atoms with Gasteiger partial charge in [0, 0.05) is 24.0 Å². The molecule has 0 radical (unpaired) electrons. The van der Waals surface area contributed by atoms with Crippen molar-refractivity contribution >= 4 is 36.9 Å². The number of hydrogen-bond donors (Lipinski definition) is 0. The van der Waals surface area contributed by atoms with E-state index in [2.05, 4.69) is 9.97 Å². The summed E-state index contributed by atoms with van der Waals surface area (Å²) in [7, 11) is -7.67. The van der Waals surface area contributed by atoms with Crippen molar-refractivity contribution in [3.05, 3.63) is 72.6 Å². The van der Waals surface area contributed by atoms with Gasteiger partial charge in [-0.3, -0.25) is 4.98 Å². The van der Waals surface area contributed by atoms with Crippen molar-refractivity contribution < 1.29 is 26.4 Å². The largest absolute Gasteiger partial charge is 0.462 e. The number of nitrogens with zero attached hydrogens (tertiary/aromatic N) is 3. The van der Waals surface area contributed by atoms with Crippen LogP contribution < -0.4 is 0 Å². The van der Waals surface area contributed by atoms with E-state index in [-0.39, 0.29) is 39.0 Å². The Balaban J connectivity index is 1.97. The summed E-state index contributed by atoms with van der Waals surface area (Å²) in [5, 5.41) is 0.309. The van der Waals surface area contributed by atoms with Gasteiger partial charge < -0.3 is 4.74 Å². The van der Waals surface area contributed by atoms with Gasteiger partial charge in [0.25, 0.3) is 10.0 Å². The van der Waals surface area contributed by atoms with Gasteiger partial charge in [-0.05, 0) is 43.3 Å². The fourth-order valence-corrected chi connectivity index (χ4v) is 5.34. The zero-order valence-electron chi connectivity index (χ0n) is 17.7. The van der Waals surface area contributed by atoms with Crippen LogP contribution in [0.1, 0.15) is 17.3 Å². The molecule has 3 aromatic heterocycles. The summed E-state index contributed by atoms with van der Waals surface area (Å²) >= 11 is 0. The maximum absolute atomic E-state index is 13.5. The van der Waals surface area contributed by atoms with E-state index in [0.29, 0.717) is 5.39 Å². The van der Waals surface area contributed by atoms with E-state index in [1.165, 1.54) is 42.6 Å². The van der Waals surface area contributed by atoms with Gasteiger partial charge in [0.2, 0.25) is 0 Å². The molecule has 4 aromatic rings. The summed E-state index contributed by atoms with van der Waals surface area (Å²) in [5.41, 5.74) is 0.688. The number of carbonyl (C=O) groups is 1. The summed E-state index contributed by atoms with van der Waals surface area (Å²) in [6, 6.07) is 13.6. The number of aromatic nitrogens is 3. The van der Waals surface area contributed by atoms with Crippen molar-refractivity contribution in [2.75, 3.05) is 12.9 Å². The van der Waals surface area contributed by atoms with Crippen LogP contribution in [0.5, 0.6) is 0 Å². The first-order chi connectivity index (χ1) is 15.6. The van der Waals surface area contributed by atoms with Crippen molar-refractivity contribution in [1.29, 1.82) is 0 Å². The van der Waals surface area contributed by atoms with Crippen molar-refractivity contribution in [2.45, 2.75) is 16.7 Å². The molecule has 0 fully saturated rings. The Morgan fingerprint density at radius 3 is 2.27 bits per heavy atom. The molecule has 9 nitrogen and oxygen atoms in total. The van der Waals surface area contributed by atoms with E-state index in [9.17, 15) is 21.6 Å². The van der Waals surface area contributed by atoms with E-state index in [1.807, 2.05) is 0 Å². The maximum atomic E-state index is 13.5. The lowest BCUT2D eigenvalue weighted by Gasteiger charge is -2.11. The number of fused-ring (bicyclic) bond motifs is 1. The molecule has 0 saturated heterocycles. The first-order valence-corrected chi connectivity index (χ1v) is 13.1. The molecule has 0 aliphatic carbocycles. The molecule has 170 valence electrons. The summed E-state index contributed by atoms with van der Waals surface area (Å²) in [6.07, 6.45) is 3.46. The number of rotatable bonds is 6. The minimum atomic E-state index is -4.11. The zero-order valence-corrected chi connectivity index (χ0v) is 19.3. The number of pyridine rings is 2. The smallest absolute Gasteiger partial charge is 0.339 e.